The Morgan fingerprint density at radius 3 is 2.69 bits per heavy atom. The maximum atomic E-state index is 11.1. The topological polar surface area (TPSA) is 91.0 Å². The molecule has 0 aromatic carbocycles. The van der Waals surface area contributed by atoms with E-state index in [2.05, 4.69) is 0 Å². The van der Waals surface area contributed by atoms with Crippen molar-refractivity contribution in [3.8, 4) is 0 Å². The summed E-state index contributed by atoms with van der Waals surface area (Å²) in [6.45, 7) is 1.78. The van der Waals surface area contributed by atoms with Crippen LogP contribution in [0.4, 0.5) is 0 Å². The number of carbonyl (C=O) groups excluding carboxylic acids is 1. The second-order valence-corrected chi connectivity index (χ2v) is 3.24. The van der Waals surface area contributed by atoms with Gasteiger partial charge in [0.15, 0.2) is 0 Å². The molecular weight excluding hydrogens is 214 g/mol. The molecule has 0 unspecified atom stereocenters. The Labute approximate surface area is 95.7 Å². The van der Waals surface area contributed by atoms with Crippen LogP contribution >= 0.6 is 0 Å². The number of hydrogen-bond donors (Lipinski definition) is 2. The van der Waals surface area contributed by atoms with E-state index in [1.807, 2.05) is 0 Å². The molecule has 0 rings (SSSR count). The van der Waals surface area contributed by atoms with Crippen molar-refractivity contribution in [1.82, 2.24) is 0 Å². The van der Waals surface area contributed by atoms with Gasteiger partial charge >= 0.3 is 5.97 Å². The summed E-state index contributed by atoms with van der Waals surface area (Å²) in [5, 5.41) is 8.56. The molecule has 0 bridgehead atoms. The zero-order valence-corrected chi connectivity index (χ0v) is 9.68. The quantitative estimate of drug-likeness (QED) is 0.384. The fraction of sp³-hybridized carbons (Fsp3) is 0.900. The van der Waals surface area contributed by atoms with Gasteiger partial charge in [-0.25, -0.2) is 0 Å². The van der Waals surface area contributed by atoms with Gasteiger partial charge in [-0.05, 0) is 6.42 Å². The minimum absolute atomic E-state index is 0.115. The van der Waals surface area contributed by atoms with Gasteiger partial charge in [-0.3, -0.25) is 4.79 Å². The van der Waals surface area contributed by atoms with Gasteiger partial charge in [0.1, 0.15) is 6.04 Å². The molecule has 0 radical (unpaired) electrons. The van der Waals surface area contributed by atoms with Crippen LogP contribution in [0.25, 0.3) is 0 Å². The molecule has 0 aliphatic carbocycles. The van der Waals surface area contributed by atoms with Crippen molar-refractivity contribution in [3.05, 3.63) is 0 Å². The molecule has 0 amide bonds. The number of aliphatic hydroxyl groups excluding tert-OH is 1. The standard InChI is InChI=1S/C10H21NO5/c1-14-7-8-15-5-2-6-16-10(13)9(11)3-4-12/h9,12H,2-8,11H2,1H3/t9-/m1/s1. The molecule has 0 spiro atoms. The van der Waals surface area contributed by atoms with Crippen molar-refractivity contribution in [2.24, 2.45) is 5.73 Å². The molecule has 96 valence electrons. The third-order valence-electron chi connectivity index (χ3n) is 1.85. The van der Waals surface area contributed by atoms with Crippen molar-refractivity contribution in [1.29, 1.82) is 0 Å². The van der Waals surface area contributed by atoms with E-state index < -0.39 is 12.0 Å². The lowest BCUT2D eigenvalue weighted by Gasteiger charge is -2.10. The lowest BCUT2D eigenvalue weighted by molar-refractivity contribution is -0.146. The fourth-order valence-corrected chi connectivity index (χ4v) is 0.942. The molecule has 0 fully saturated rings. The number of rotatable bonds is 10. The van der Waals surface area contributed by atoms with Crippen LogP contribution in [-0.2, 0) is 19.0 Å². The molecule has 0 saturated carbocycles. The lowest BCUT2D eigenvalue weighted by Crippen LogP contribution is -2.33. The number of methoxy groups -OCH3 is 1. The average molecular weight is 235 g/mol. The first-order chi connectivity index (χ1) is 7.72. The number of aliphatic hydroxyl groups is 1. The van der Waals surface area contributed by atoms with Crippen LogP contribution < -0.4 is 5.73 Å². The van der Waals surface area contributed by atoms with E-state index in [9.17, 15) is 4.79 Å². The molecule has 0 aliphatic rings. The molecule has 0 aliphatic heterocycles. The average Bonchev–Trinajstić information content (AvgIpc) is 2.28. The van der Waals surface area contributed by atoms with E-state index in [1.54, 1.807) is 7.11 Å². The summed E-state index contributed by atoms with van der Waals surface area (Å²) in [5.41, 5.74) is 5.43. The van der Waals surface area contributed by atoms with Crippen LogP contribution in [0.1, 0.15) is 12.8 Å². The third-order valence-corrected chi connectivity index (χ3v) is 1.85. The van der Waals surface area contributed by atoms with Crippen LogP contribution in [-0.4, -0.2) is 57.3 Å². The molecule has 0 aromatic rings. The maximum absolute atomic E-state index is 11.1. The van der Waals surface area contributed by atoms with Crippen LogP contribution in [0.15, 0.2) is 0 Å². The molecule has 0 aromatic heterocycles. The SMILES string of the molecule is COCCOCCCOC(=O)[C@H](N)CCO. The van der Waals surface area contributed by atoms with Crippen LogP contribution in [0.2, 0.25) is 0 Å². The molecule has 6 nitrogen and oxygen atoms in total. The van der Waals surface area contributed by atoms with Crippen molar-refractivity contribution in [2.75, 3.05) is 40.1 Å². The molecular formula is C10H21NO5. The molecule has 1 atom stereocenters. The van der Waals surface area contributed by atoms with Crippen molar-refractivity contribution in [3.63, 3.8) is 0 Å². The Morgan fingerprint density at radius 2 is 2.06 bits per heavy atom. The number of esters is 1. The normalized spacial score (nSPS) is 12.4. The van der Waals surface area contributed by atoms with Gasteiger partial charge in [0.25, 0.3) is 0 Å². The predicted molar refractivity (Wildman–Crippen MR) is 57.9 cm³/mol. The number of hydrogen-bond acceptors (Lipinski definition) is 6. The fourth-order valence-electron chi connectivity index (χ4n) is 0.942. The summed E-state index contributed by atoms with van der Waals surface area (Å²) in [7, 11) is 1.60. The van der Waals surface area contributed by atoms with E-state index >= 15 is 0 Å². The highest BCUT2D eigenvalue weighted by atomic mass is 16.5. The molecule has 16 heavy (non-hydrogen) atoms. The summed E-state index contributed by atoms with van der Waals surface area (Å²) < 4.78 is 14.8. The monoisotopic (exact) mass is 235 g/mol. The largest absolute Gasteiger partial charge is 0.464 e. The van der Waals surface area contributed by atoms with E-state index in [0.29, 0.717) is 26.2 Å². The lowest BCUT2D eigenvalue weighted by atomic mass is 10.2. The number of nitrogens with two attached hydrogens (primary N) is 1. The summed E-state index contributed by atoms with van der Waals surface area (Å²) >= 11 is 0. The van der Waals surface area contributed by atoms with Crippen molar-refractivity contribution in [2.45, 2.75) is 18.9 Å². The first kappa shape index (κ1) is 15.3. The Hall–Kier alpha value is -0.690. The van der Waals surface area contributed by atoms with E-state index in [1.165, 1.54) is 0 Å². The Kier molecular flexibility index (Phi) is 10.3. The van der Waals surface area contributed by atoms with Gasteiger partial charge in [0.2, 0.25) is 0 Å². The van der Waals surface area contributed by atoms with Gasteiger partial charge in [-0.2, -0.15) is 0 Å². The first-order valence-electron chi connectivity index (χ1n) is 5.32. The van der Waals surface area contributed by atoms with E-state index in [-0.39, 0.29) is 19.6 Å². The summed E-state index contributed by atoms with van der Waals surface area (Å²) in [6, 6.07) is -0.737. The highest BCUT2D eigenvalue weighted by Crippen LogP contribution is 1.93. The van der Waals surface area contributed by atoms with Crippen molar-refractivity contribution < 1.29 is 24.1 Å². The number of carbonyl (C=O) groups is 1. The zero-order chi connectivity index (χ0) is 12.2. The molecule has 6 heteroatoms. The minimum atomic E-state index is -0.737. The first-order valence-corrected chi connectivity index (χ1v) is 5.32. The predicted octanol–water partition coefficient (Wildman–Crippen LogP) is -0.708. The van der Waals surface area contributed by atoms with Crippen LogP contribution in [0, 0.1) is 0 Å². The van der Waals surface area contributed by atoms with Crippen molar-refractivity contribution >= 4 is 5.97 Å². The second-order valence-electron chi connectivity index (χ2n) is 3.24. The highest BCUT2D eigenvalue weighted by Gasteiger charge is 2.13. The number of ether oxygens (including phenoxy) is 3. The van der Waals surface area contributed by atoms with Gasteiger partial charge in [0.05, 0.1) is 19.8 Å². The minimum Gasteiger partial charge on any atom is -0.464 e. The van der Waals surface area contributed by atoms with E-state index in [4.69, 9.17) is 25.1 Å². The Morgan fingerprint density at radius 1 is 1.31 bits per heavy atom. The Balaban J connectivity index is 3.27. The van der Waals surface area contributed by atoms with E-state index in [0.717, 1.165) is 0 Å². The van der Waals surface area contributed by atoms with Gasteiger partial charge < -0.3 is 25.1 Å². The smallest absolute Gasteiger partial charge is 0.322 e. The Bertz CT molecular complexity index is 177. The molecule has 3 N–H and O–H groups in total. The van der Waals surface area contributed by atoms with Gasteiger partial charge in [-0.1, -0.05) is 0 Å². The molecule has 0 heterocycles. The summed E-state index contributed by atoms with van der Waals surface area (Å²) in [6.07, 6.45) is 0.852. The summed E-state index contributed by atoms with van der Waals surface area (Å²) in [4.78, 5) is 11.1. The summed E-state index contributed by atoms with van der Waals surface area (Å²) in [5.74, 6) is -0.481. The maximum Gasteiger partial charge on any atom is 0.322 e. The van der Waals surface area contributed by atoms with Crippen LogP contribution in [0.3, 0.4) is 0 Å². The van der Waals surface area contributed by atoms with Gasteiger partial charge in [-0.15, -0.1) is 0 Å². The zero-order valence-electron chi connectivity index (χ0n) is 9.68. The van der Waals surface area contributed by atoms with Gasteiger partial charge in [0, 0.05) is 26.7 Å². The third kappa shape index (κ3) is 8.60. The second kappa shape index (κ2) is 10.8. The van der Waals surface area contributed by atoms with Crippen LogP contribution in [0.5, 0.6) is 0 Å². The highest BCUT2D eigenvalue weighted by molar-refractivity contribution is 5.75. The molecule has 0 saturated heterocycles.